The standard InChI is InChI=1S/C31H35Cl2N5O4/c1-6-28(39)36-24-14-20(19-9-11-37(2)12-10-19)7-8-21(24)13-22-15-27(35-18-34-22)38(3)29(40)16-23-30(32)25(41-4)17-26(42-5)31(23)33/h6-8,14-15,17-19H,1,9-13,16H2,2-5H3,(H,36,39). The predicted octanol–water partition coefficient (Wildman–Crippen LogP) is 5.53. The van der Waals surface area contributed by atoms with Crippen molar-refractivity contribution in [3.05, 3.63) is 81.7 Å². The highest BCUT2D eigenvalue weighted by atomic mass is 35.5. The second kappa shape index (κ2) is 14.0. The first-order valence-corrected chi connectivity index (χ1v) is 14.3. The summed E-state index contributed by atoms with van der Waals surface area (Å²) >= 11 is 13.0. The number of nitrogens with one attached hydrogen (secondary N) is 1. The van der Waals surface area contributed by atoms with E-state index in [4.69, 9.17) is 32.7 Å². The summed E-state index contributed by atoms with van der Waals surface area (Å²) in [6.07, 6.45) is 5.13. The van der Waals surface area contributed by atoms with Crippen LogP contribution in [0, 0.1) is 0 Å². The Labute approximate surface area is 256 Å². The molecule has 1 N–H and O–H groups in total. The van der Waals surface area contributed by atoms with E-state index in [1.807, 2.05) is 6.07 Å². The van der Waals surface area contributed by atoms with Crippen LogP contribution < -0.4 is 19.7 Å². The highest BCUT2D eigenvalue weighted by Gasteiger charge is 2.23. The number of methoxy groups -OCH3 is 2. The molecule has 0 aliphatic carbocycles. The molecule has 2 aromatic carbocycles. The Morgan fingerprint density at radius 1 is 1.10 bits per heavy atom. The molecular formula is C31H35Cl2N5O4. The van der Waals surface area contributed by atoms with Crippen LogP contribution in [0.5, 0.6) is 11.5 Å². The molecule has 0 unspecified atom stereocenters. The minimum absolute atomic E-state index is 0.1000. The van der Waals surface area contributed by atoms with E-state index in [-0.39, 0.29) is 28.3 Å². The lowest BCUT2D eigenvalue weighted by atomic mass is 9.88. The molecule has 11 heteroatoms. The van der Waals surface area contributed by atoms with Gasteiger partial charge >= 0.3 is 0 Å². The van der Waals surface area contributed by atoms with Crippen LogP contribution in [0.2, 0.25) is 10.0 Å². The van der Waals surface area contributed by atoms with E-state index in [1.165, 1.54) is 37.1 Å². The van der Waals surface area contributed by atoms with Gasteiger partial charge in [0.2, 0.25) is 11.8 Å². The number of benzene rings is 2. The molecule has 0 radical (unpaired) electrons. The van der Waals surface area contributed by atoms with Crippen molar-refractivity contribution < 1.29 is 19.1 Å². The van der Waals surface area contributed by atoms with Gasteiger partial charge in [0.25, 0.3) is 0 Å². The molecule has 1 aromatic heterocycles. The highest BCUT2D eigenvalue weighted by molar-refractivity contribution is 6.38. The first-order valence-electron chi connectivity index (χ1n) is 13.6. The van der Waals surface area contributed by atoms with Crippen LogP contribution in [0.1, 0.15) is 41.1 Å². The maximum absolute atomic E-state index is 13.3. The lowest BCUT2D eigenvalue weighted by Crippen LogP contribution is -2.29. The number of anilines is 2. The smallest absolute Gasteiger partial charge is 0.247 e. The Morgan fingerprint density at radius 2 is 1.76 bits per heavy atom. The van der Waals surface area contributed by atoms with Gasteiger partial charge in [0.05, 0.1) is 36.4 Å². The molecule has 4 rings (SSSR count). The summed E-state index contributed by atoms with van der Waals surface area (Å²) in [5.41, 5.74) is 3.89. The maximum Gasteiger partial charge on any atom is 0.247 e. The van der Waals surface area contributed by atoms with E-state index in [0.717, 1.165) is 37.2 Å². The third-order valence-electron chi connectivity index (χ3n) is 7.56. The van der Waals surface area contributed by atoms with Gasteiger partial charge in [-0.25, -0.2) is 9.97 Å². The minimum Gasteiger partial charge on any atom is -0.495 e. The molecule has 3 aromatic rings. The molecule has 1 aliphatic rings. The van der Waals surface area contributed by atoms with Crippen molar-refractivity contribution in [3.8, 4) is 11.5 Å². The highest BCUT2D eigenvalue weighted by Crippen LogP contribution is 2.41. The number of carbonyl (C=O) groups is 2. The quantitative estimate of drug-likeness (QED) is 0.301. The normalized spacial score (nSPS) is 13.9. The van der Waals surface area contributed by atoms with Crippen LogP contribution in [0.15, 0.2) is 49.3 Å². The zero-order chi connectivity index (χ0) is 30.4. The monoisotopic (exact) mass is 611 g/mol. The largest absolute Gasteiger partial charge is 0.495 e. The van der Waals surface area contributed by atoms with Gasteiger partial charge in [-0.05, 0) is 62.2 Å². The lowest BCUT2D eigenvalue weighted by molar-refractivity contribution is -0.117. The first kappa shape index (κ1) is 31.3. The Bertz CT molecular complexity index is 1450. The molecule has 0 spiro atoms. The van der Waals surface area contributed by atoms with Crippen molar-refractivity contribution >= 4 is 46.5 Å². The number of nitrogens with zero attached hydrogens (tertiary/aromatic N) is 4. The fourth-order valence-electron chi connectivity index (χ4n) is 4.99. The summed E-state index contributed by atoms with van der Waals surface area (Å²) in [4.78, 5) is 38.1. The SMILES string of the molecule is C=CC(=O)Nc1cc(C2CCN(C)CC2)ccc1Cc1cc(N(C)C(=O)Cc2c(Cl)c(OC)cc(OC)c2Cl)ncn1. The molecule has 0 bridgehead atoms. The number of halogens is 2. The van der Waals surface area contributed by atoms with E-state index in [2.05, 4.69) is 45.9 Å². The molecule has 222 valence electrons. The van der Waals surface area contributed by atoms with Crippen LogP contribution in [0.25, 0.3) is 0 Å². The summed E-state index contributed by atoms with van der Waals surface area (Å²) in [5.74, 6) is 0.984. The van der Waals surface area contributed by atoms with Gasteiger partial charge in [-0.1, -0.05) is 41.9 Å². The van der Waals surface area contributed by atoms with Crippen molar-refractivity contribution in [2.45, 2.75) is 31.6 Å². The van der Waals surface area contributed by atoms with Crippen LogP contribution in [0.3, 0.4) is 0 Å². The van der Waals surface area contributed by atoms with E-state index in [9.17, 15) is 9.59 Å². The third kappa shape index (κ3) is 7.21. The first-order chi connectivity index (χ1) is 20.1. The summed E-state index contributed by atoms with van der Waals surface area (Å²) in [5, 5.41) is 3.44. The van der Waals surface area contributed by atoms with Gasteiger partial charge in [-0.15, -0.1) is 0 Å². The Kier molecular flexibility index (Phi) is 10.4. The molecule has 9 nitrogen and oxygen atoms in total. The van der Waals surface area contributed by atoms with Crippen molar-refractivity contribution in [1.82, 2.24) is 14.9 Å². The van der Waals surface area contributed by atoms with Gasteiger partial charge in [-0.2, -0.15) is 0 Å². The molecule has 1 fully saturated rings. The molecule has 2 heterocycles. The number of carbonyl (C=O) groups excluding carboxylic acids is 2. The van der Waals surface area contributed by atoms with Crippen LogP contribution in [0.4, 0.5) is 11.5 Å². The molecular weight excluding hydrogens is 577 g/mol. The maximum atomic E-state index is 13.3. The van der Waals surface area contributed by atoms with E-state index < -0.39 is 0 Å². The Morgan fingerprint density at radius 3 is 2.38 bits per heavy atom. The number of hydrogen-bond acceptors (Lipinski definition) is 7. The van der Waals surface area contributed by atoms with Crippen molar-refractivity contribution in [1.29, 1.82) is 0 Å². The van der Waals surface area contributed by atoms with Crippen molar-refractivity contribution in [2.75, 3.05) is 51.6 Å². The minimum atomic E-state index is -0.292. The summed E-state index contributed by atoms with van der Waals surface area (Å²) in [6.45, 7) is 5.68. The predicted molar refractivity (Wildman–Crippen MR) is 166 cm³/mol. The topological polar surface area (TPSA) is 96.9 Å². The van der Waals surface area contributed by atoms with Crippen molar-refractivity contribution in [2.24, 2.45) is 0 Å². The van der Waals surface area contributed by atoms with Crippen LogP contribution >= 0.6 is 23.2 Å². The fraction of sp³-hybridized carbons (Fsp3) is 0.355. The number of piperidine rings is 1. The second-order valence-corrected chi connectivity index (χ2v) is 11.0. The van der Waals surface area contributed by atoms with Crippen LogP contribution in [-0.4, -0.2) is 68.1 Å². The Hall–Kier alpha value is -3.66. The van der Waals surface area contributed by atoms with E-state index in [0.29, 0.717) is 40.9 Å². The lowest BCUT2D eigenvalue weighted by Gasteiger charge is -2.29. The molecule has 2 amide bonds. The van der Waals surface area contributed by atoms with Gasteiger partial charge in [-0.3, -0.25) is 14.5 Å². The average Bonchev–Trinajstić information content (AvgIpc) is 3.00. The summed E-state index contributed by atoms with van der Waals surface area (Å²) in [6, 6.07) is 9.54. The van der Waals surface area contributed by atoms with E-state index in [1.54, 1.807) is 19.2 Å². The molecule has 42 heavy (non-hydrogen) atoms. The fourth-order valence-corrected chi connectivity index (χ4v) is 5.63. The zero-order valence-electron chi connectivity index (χ0n) is 24.2. The summed E-state index contributed by atoms with van der Waals surface area (Å²) in [7, 11) is 6.71. The average molecular weight is 613 g/mol. The number of likely N-dealkylation sites (N-methyl/N-ethyl adjacent to an activating group) is 1. The zero-order valence-corrected chi connectivity index (χ0v) is 25.8. The van der Waals surface area contributed by atoms with Crippen molar-refractivity contribution in [3.63, 3.8) is 0 Å². The number of ether oxygens (including phenoxy) is 2. The Balaban J connectivity index is 1.56. The number of hydrogen-bond donors (Lipinski definition) is 1. The number of rotatable bonds is 10. The summed E-state index contributed by atoms with van der Waals surface area (Å²) < 4.78 is 10.6. The number of amides is 2. The second-order valence-electron chi connectivity index (χ2n) is 10.2. The molecule has 1 aliphatic heterocycles. The molecule has 0 saturated carbocycles. The van der Waals surface area contributed by atoms with Gasteiger partial charge in [0, 0.05) is 36.9 Å². The van der Waals surface area contributed by atoms with Gasteiger partial charge in [0.1, 0.15) is 23.6 Å². The van der Waals surface area contributed by atoms with Gasteiger partial charge < -0.3 is 19.7 Å². The molecule has 0 atom stereocenters. The van der Waals surface area contributed by atoms with Gasteiger partial charge in [0.15, 0.2) is 0 Å². The third-order valence-corrected chi connectivity index (χ3v) is 8.39. The number of aromatic nitrogens is 2. The van der Waals surface area contributed by atoms with E-state index >= 15 is 0 Å². The van der Waals surface area contributed by atoms with Crippen LogP contribution in [-0.2, 0) is 22.4 Å². The number of likely N-dealkylation sites (tertiary alicyclic amines) is 1. The molecule has 1 saturated heterocycles.